The molecule has 0 aromatic rings. The summed E-state index contributed by atoms with van der Waals surface area (Å²) in [6.07, 6.45) is 6.21. The summed E-state index contributed by atoms with van der Waals surface area (Å²) in [6.45, 7) is 1.76. The summed E-state index contributed by atoms with van der Waals surface area (Å²) < 4.78 is 5.51. The predicted molar refractivity (Wildman–Crippen MR) is 52.5 cm³/mol. The molecule has 3 heteroatoms. The van der Waals surface area contributed by atoms with Crippen LogP contribution in [0.15, 0.2) is 0 Å². The molecule has 1 aliphatic heterocycles. The zero-order chi connectivity index (χ0) is 9.52. The molecule has 1 fully saturated rings. The first-order chi connectivity index (χ1) is 6.36. The van der Waals surface area contributed by atoms with E-state index in [2.05, 4.69) is 0 Å². The van der Waals surface area contributed by atoms with Gasteiger partial charge < -0.3 is 15.6 Å². The minimum Gasteiger partial charge on any atom is -0.396 e. The fourth-order valence-electron chi connectivity index (χ4n) is 1.79. The Morgan fingerprint density at radius 1 is 1.54 bits per heavy atom. The fourth-order valence-corrected chi connectivity index (χ4v) is 1.79. The van der Waals surface area contributed by atoms with Crippen molar-refractivity contribution in [3.63, 3.8) is 0 Å². The monoisotopic (exact) mass is 187 g/mol. The molecule has 0 saturated carbocycles. The van der Waals surface area contributed by atoms with E-state index in [1.807, 2.05) is 0 Å². The highest BCUT2D eigenvalue weighted by Gasteiger charge is 2.15. The van der Waals surface area contributed by atoms with E-state index in [9.17, 15) is 0 Å². The second kappa shape index (κ2) is 6.35. The lowest BCUT2D eigenvalue weighted by Crippen LogP contribution is -2.18. The Balaban J connectivity index is 1.98. The van der Waals surface area contributed by atoms with Crippen molar-refractivity contribution in [1.82, 2.24) is 0 Å². The molecule has 0 aliphatic carbocycles. The van der Waals surface area contributed by atoms with Gasteiger partial charge >= 0.3 is 0 Å². The average molecular weight is 187 g/mol. The van der Waals surface area contributed by atoms with Crippen LogP contribution in [0.1, 0.15) is 32.1 Å². The molecule has 13 heavy (non-hydrogen) atoms. The van der Waals surface area contributed by atoms with Gasteiger partial charge in [-0.15, -0.1) is 0 Å². The number of hydrogen-bond acceptors (Lipinski definition) is 3. The van der Waals surface area contributed by atoms with Crippen molar-refractivity contribution in [3.8, 4) is 0 Å². The third kappa shape index (κ3) is 4.07. The second-order valence-corrected chi connectivity index (χ2v) is 3.85. The Hall–Kier alpha value is -0.120. The van der Waals surface area contributed by atoms with E-state index < -0.39 is 0 Å². The van der Waals surface area contributed by atoms with E-state index >= 15 is 0 Å². The molecule has 0 aromatic carbocycles. The summed E-state index contributed by atoms with van der Waals surface area (Å²) in [7, 11) is 0. The van der Waals surface area contributed by atoms with Crippen molar-refractivity contribution < 1.29 is 9.84 Å². The van der Waals surface area contributed by atoms with Gasteiger partial charge in [0.2, 0.25) is 0 Å². The summed E-state index contributed by atoms with van der Waals surface area (Å²) in [5.74, 6) is 0.293. The molecular weight excluding hydrogens is 166 g/mol. The molecule has 1 heterocycles. The van der Waals surface area contributed by atoms with Gasteiger partial charge in [0.05, 0.1) is 6.10 Å². The average Bonchev–Trinajstić information content (AvgIpc) is 2.65. The Morgan fingerprint density at radius 3 is 2.92 bits per heavy atom. The fraction of sp³-hybridized carbons (Fsp3) is 1.00. The molecule has 1 saturated heterocycles. The van der Waals surface area contributed by atoms with Crippen LogP contribution in [0.5, 0.6) is 0 Å². The van der Waals surface area contributed by atoms with Crippen LogP contribution < -0.4 is 5.73 Å². The zero-order valence-electron chi connectivity index (χ0n) is 8.24. The maximum Gasteiger partial charge on any atom is 0.0576 e. The Morgan fingerprint density at radius 2 is 2.38 bits per heavy atom. The topological polar surface area (TPSA) is 55.5 Å². The first kappa shape index (κ1) is 11.0. The zero-order valence-corrected chi connectivity index (χ0v) is 8.24. The molecular formula is C10H21NO2. The normalized spacial score (nSPS) is 24.9. The quantitative estimate of drug-likeness (QED) is 0.649. The van der Waals surface area contributed by atoms with Crippen molar-refractivity contribution in [2.24, 2.45) is 11.7 Å². The highest BCUT2D eigenvalue weighted by atomic mass is 16.5. The highest BCUT2D eigenvalue weighted by Crippen LogP contribution is 2.18. The minimum absolute atomic E-state index is 0.224. The largest absolute Gasteiger partial charge is 0.396 e. The molecule has 0 bridgehead atoms. The molecule has 0 amide bonds. The standard InChI is InChI=1S/C10H21NO2/c11-7-9(8-12)3-1-4-10-5-2-6-13-10/h9-10,12H,1-8,11H2. The molecule has 2 atom stereocenters. The third-order valence-corrected chi connectivity index (χ3v) is 2.75. The maximum absolute atomic E-state index is 8.91. The van der Waals surface area contributed by atoms with Crippen LogP contribution in [-0.2, 0) is 4.74 Å². The van der Waals surface area contributed by atoms with Crippen LogP contribution in [0.4, 0.5) is 0 Å². The van der Waals surface area contributed by atoms with Crippen molar-refractivity contribution in [1.29, 1.82) is 0 Å². The Bertz CT molecular complexity index is 118. The molecule has 0 radical (unpaired) electrons. The SMILES string of the molecule is NCC(CO)CCCC1CCCO1. The van der Waals surface area contributed by atoms with Crippen LogP contribution in [-0.4, -0.2) is 31.0 Å². The van der Waals surface area contributed by atoms with E-state index in [1.165, 1.54) is 12.8 Å². The predicted octanol–water partition coefficient (Wildman–Crippen LogP) is 0.903. The Kier molecular flexibility index (Phi) is 5.35. The lowest BCUT2D eigenvalue weighted by atomic mass is 10.0. The van der Waals surface area contributed by atoms with Crippen LogP contribution in [0.3, 0.4) is 0 Å². The van der Waals surface area contributed by atoms with Crippen molar-refractivity contribution >= 4 is 0 Å². The van der Waals surface area contributed by atoms with Crippen molar-refractivity contribution in [2.45, 2.75) is 38.2 Å². The highest BCUT2D eigenvalue weighted by molar-refractivity contribution is 4.66. The van der Waals surface area contributed by atoms with Gasteiger partial charge in [0.25, 0.3) is 0 Å². The molecule has 1 rings (SSSR count). The third-order valence-electron chi connectivity index (χ3n) is 2.75. The lowest BCUT2D eigenvalue weighted by molar-refractivity contribution is 0.0993. The summed E-state index contributed by atoms with van der Waals surface area (Å²) in [6, 6.07) is 0. The summed E-state index contributed by atoms with van der Waals surface area (Å²) in [5.41, 5.74) is 5.49. The van der Waals surface area contributed by atoms with E-state index in [-0.39, 0.29) is 6.61 Å². The van der Waals surface area contributed by atoms with Crippen LogP contribution in [0.2, 0.25) is 0 Å². The number of ether oxygens (including phenoxy) is 1. The van der Waals surface area contributed by atoms with E-state index in [0.29, 0.717) is 18.6 Å². The summed E-state index contributed by atoms with van der Waals surface area (Å²) in [4.78, 5) is 0. The van der Waals surface area contributed by atoms with E-state index in [4.69, 9.17) is 15.6 Å². The number of rotatable bonds is 6. The van der Waals surface area contributed by atoms with Gasteiger partial charge in [-0.3, -0.25) is 0 Å². The van der Waals surface area contributed by atoms with E-state index in [1.54, 1.807) is 0 Å². The first-order valence-electron chi connectivity index (χ1n) is 5.29. The van der Waals surface area contributed by atoms with Gasteiger partial charge in [0.15, 0.2) is 0 Å². The molecule has 0 aromatic heterocycles. The van der Waals surface area contributed by atoms with Gasteiger partial charge in [0, 0.05) is 13.2 Å². The first-order valence-corrected chi connectivity index (χ1v) is 5.29. The summed E-state index contributed by atoms with van der Waals surface area (Å²) in [5, 5.41) is 8.91. The molecule has 3 N–H and O–H groups in total. The van der Waals surface area contributed by atoms with Crippen LogP contribution >= 0.6 is 0 Å². The maximum atomic E-state index is 8.91. The minimum atomic E-state index is 0.224. The molecule has 78 valence electrons. The second-order valence-electron chi connectivity index (χ2n) is 3.85. The van der Waals surface area contributed by atoms with Gasteiger partial charge in [0.1, 0.15) is 0 Å². The molecule has 3 nitrogen and oxygen atoms in total. The van der Waals surface area contributed by atoms with Crippen molar-refractivity contribution in [2.75, 3.05) is 19.8 Å². The van der Waals surface area contributed by atoms with Crippen molar-refractivity contribution in [3.05, 3.63) is 0 Å². The molecule has 1 aliphatic rings. The molecule has 0 spiro atoms. The van der Waals surface area contributed by atoms with Gasteiger partial charge in [-0.25, -0.2) is 0 Å². The number of aliphatic hydroxyl groups excluding tert-OH is 1. The van der Waals surface area contributed by atoms with Gasteiger partial charge in [-0.1, -0.05) is 6.42 Å². The number of nitrogens with two attached hydrogens (primary N) is 1. The molecule has 2 unspecified atom stereocenters. The van der Waals surface area contributed by atoms with Gasteiger partial charge in [-0.05, 0) is 38.1 Å². The smallest absolute Gasteiger partial charge is 0.0576 e. The van der Waals surface area contributed by atoms with E-state index in [0.717, 1.165) is 25.9 Å². The van der Waals surface area contributed by atoms with Crippen LogP contribution in [0.25, 0.3) is 0 Å². The van der Waals surface area contributed by atoms with Crippen LogP contribution in [0, 0.1) is 5.92 Å². The summed E-state index contributed by atoms with van der Waals surface area (Å²) >= 11 is 0. The van der Waals surface area contributed by atoms with Gasteiger partial charge in [-0.2, -0.15) is 0 Å². The lowest BCUT2D eigenvalue weighted by Gasteiger charge is -2.13. The Labute approximate surface area is 80.3 Å². The number of aliphatic hydroxyl groups is 1. The number of hydrogen-bond donors (Lipinski definition) is 2.